The first-order valence-electron chi connectivity index (χ1n) is 14.9. The van der Waals surface area contributed by atoms with E-state index in [0.717, 1.165) is 61.0 Å². The Kier molecular flexibility index (Phi) is 9.07. The van der Waals surface area contributed by atoms with E-state index in [4.69, 9.17) is 23.7 Å². The van der Waals surface area contributed by atoms with Crippen LogP contribution in [-0.4, -0.2) is 38.7 Å². The summed E-state index contributed by atoms with van der Waals surface area (Å²) < 4.78 is 24.0. The Hall–Kier alpha value is -5.88. The zero-order chi connectivity index (χ0) is 31.9. The van der Waals surface area contributed by atoms with Crippen LogP contribution in [0.25, 0.3) is 43.8 Å². The Morgan fingerprint density at radius 3 is 1.65 bits per heavy atom. The maximum Gasteiger partial charge on any atom is 0.338 e. The van der Waals surface area contributed by atoms with Crippen molar-refractivity contribution < 1.29 is 28.5 Å². The lowest BCUT2D eigenvalue weighted by atomic mass is 9.92. The maximum atomic E-state index is 13.2. The summed E-state index contributed by atoms with van der Waals surface area (Å²) in [5.41, 5.74) is 4.44. The van der Waals surface area contributed by atoms with Crippen LogP contribution < -0.4 is 14.2 Å². The maximum absolute atomic E-state index is 13.2. The molecule has 6 aromatic carbocycles. The Labute approximate surface area is 267 Å². The van der Waals surface area contributed by atoms with Gasteiger partial charge in [0, 0.05) is 11.1 Å². The molecule has 0 amide bonds. The highest BCUT2D eigenvalue weighted by atomic mass is 16.6. The smallest absolute Gasteiger partial charge is 0.338 e. The Morgan fingerprint density at radius 2 is 1.17 bits per heavy atom. The van der Waals surface area contributed by atoms with Crippen molar-refractivity contribution in [2.24, 2.45) is 0 Å². The Balaban J connectivity index is 0.000000879. The summed E-state index contributed by atoms with van der Waals surface area (Å²) in [4.78, 5) is 22.3. The van der Waals surface area contributed by atoms with Gasteiger partial charge in [-0.25, -0.2) is 4.79 Å². The quantitative estimate of drug-likeness (QED) is 0.111. The number of ether oxygens (including phenoxy) is 4. The molecule has 6 aromatic rings. The summed E-state index contributed by atoms with van der Waals surface area (Å²) in [6, 6.07) is 39.8. The normalized spacial score (nSPS) is 12.4. The predicted octanol–water partition coefficient (Wildman–Crippen LogP) is 8.70. The molecular formula is C40H32O6. The van der Waals surface area contributed by atoms with Gasteiger partial charge in [-0.3, -0.25) is 4.79 Å². The van der Waals surface area contributed by atoms with E-state index >= 15 is 0 Å². The van der Waals surface area contributed by atoms with Gasteiger partial charge in [-0.05, 0) is 75.1 Å². The highest BCUT2D eigenvalue weighted by Gasteiger charge is 2.25. The van der Waals surface area contributed by atoms with Crippen LogP contribution in [0.3, 0.4) is 0 Å². The molecule has 0 unspecified atom stereocenters. The topological polar surface area (TPSA) is 71.1 Å². The van der Waals surface area contributed by atoms with Crippen LogP contribution in [0.4, 0.5) is 0 Å². The number of benzene rings is 6. The zero-order valence-corrected chi connectivity index (χ0v) is 25.3. The average molecular weight is 609 g/mol. The van der Waals surface area contributed by atoms with Crippen molar-refractivity contribution in [2.45, 2.75) is 6.10 Å². The Bertz CT molecular complexity index is 1920. The van der Waals surface area contributed by atoms with Crippen LogP contribution in [0.1, 0.15) is 10.4 Å². The van der Waals surface area contributed by atoms with Crippen LogP contribution in [-0.2, 0) is 9.53 Å². The summed E-state index contributed by atoms with van der Waals surface area (Å²) in [6.07, 6.45) is 1.22. The van der Waals surface area contributed by atoms with Crippen LogP contribution in [0.5, 0.6) is 17.2 Å². The lowest BCUT2D eigenvalue weighted by molar-refractivity contribution is -0.104. The number of rotatable bonds is 5. The molecule has 0 radical (unpaired) electrons. The van der Waals surface area contributed by atoms with Gasteiger partial charge in [0.15, 0.2) is 6.10 Å². The van der Waals surface area contributed by atoms with Crippen molar-refractivity contribution in [2.75, 3.05) is 20.3 Å². The molecule has 7 rings (SSSR count). The predicted molar refractivity (Wildman–Crippen MR) is 182 cm³/mol. The Morgan fingerprint density at radius 1 is 0.696 bits per heavy atom. The zero-order valence-electron chi connectivity index (χ0n) is 25.3. The highest BCUT2D eigenvalue weighted by molar-refractivity contribution is 6.09. The standard InChI is InChI=1S/C37H28O5.C3H4O/c1-39-29-18-14-25(15-19-29)24-10-12-28(13-11-24)37(38)42-30-22-40-33-20-16-26-6-2-4-8-31(26)35(33)36-32-9-5-3-7-27(32)17-21-34(36)41-23-30;1-2-3-4/h2-21,30H,22-23H2,1H3;2-3H,1H2. The second-order valence-electron chi connectivity index (χ2n) is 10.6. The number of hydrogen-bond donors (Lipinski definition) is 0. The van der Waals surface area contributed by atoms with E-state index in [1.165, 1.54) is 6.08 Å². The van der Waals surface area contributed by atoms with Gasteiger partial charge >= 0.3 is 5.97 Å². The summed E-state index contributed by atoms with van der Waals surface area (Å²) in [5.74, 6) is 1.82. The molecule has 1 aliphatic heterocycles. The fraction of sp³-hybridized carbons (Fsp3) is 0.100. The summed E-state index contributed by atoms with van der Waals surface area (Å²) in [5, 5.41) is 4.37. The molecule has 228 valence electrons. The number of aldehydes is 1. The minimum absolute atomic E-state index is 0.160. The van der Waals surface area contributed by atoms with Gasteiger partial charge < -0.3 is 18.9 Å². The number of methoxy groups -OCH3 is 1. The number of carbonyl (C=O) groups is 2. The third kappa shape index (κ3) is 6.33. The molecule has 1 aliphatic rings. The van der Waals surface area contributed by atoms with Gasteiger partial charge in [0.2, 0.25) is 0 Å². The first kappa shape index (κ1) is 30.2. The fourth-order valence-electron chi connectivity index (χ4n) is 5.54. The molecule has 0 saturated heterocycles. The van der Waals surface area contributed by atoms with E-state index in [-0.39, 0.29) is 13.2 Å². The molecule has 0 bridgehead atoms. The highest BCUT2D eigenvalue weighted by Crippen LogP contribution is 2.46. The molecule has 46 heavy (non-hydrogen) atoms. The summed E-state index contributed by atoms with van der Waals surface area (Å²) in [6.45, 7) is 3.43. The molecule has 0 fully saturated rings. The molecular weight excluding hydrogens is 576 g/mol. The summed E-state index contributed by atoms with van der Waals surface area (Å²) >= 11 is 0. The first-order chi connectivity index (χ1) is 22.6. The monoisotopic (exact) mass is 608 g/mol. The summed E-state index contributed by atoms with van der Waals surface area (Å²) in [7, 11) is 1.64. The van der Waals surface area contributed by atoms with Gasteiger partial charge in [0.25, 0.3) is 0 Å². The molecule has 6 nitrogen and oxygen atoms in total. The molecule has 1 heterocycles. The molecule has 0 aromatic heterocycles. The number of hydrogen-bond acceptors (Lipinski definition) is 6. The van der Waals surface area contributed by atoms with Crippen molar-refractivity contribution in [3.05, 3.63) is 140 Å². The second-order valence-corrected chi connectivity index (χ2v) is 10.6. The number of esters is 1. The van der Waals surface area contributed by atoms with Gasteiger partial charge in [-0.2, -0.15) is 0 Å². The van der Waals surface area contributed by atoms with Gasteiger partial charge in [-0.15, -0.1) is 0 Å². The van der Waals surface area contributed by atoms with E-state index in [1.807, 2.05) is 72.8 Å². The van der Waals surface area contributed by atoms with E-state index in [1.54, 1.807) is 19.2 Å². The van der Waals surface area contributed by atoms with Crippen LogP contribution in [0.2, 0.25) is 0 Å². The van der Waals surface area contributed by atoms with E-state index in [9.17, 15) is 4.79 Å². The van der Waals surface area contributed by atoms with Gasteiger partial charge in [0.05, 0.1) is 12.7 Å². The number of allylic oxidation sites excluding steroid dienone is 1. The van der Waals surface area contributed by atoms with Gasteiger partial charge in [0.1, 0.15) is 36.7 Å². The number of carbonyl (C=O) groups excluding carboxylic acids is 2. The average Bonchev–Trinajstić information content (AvgIpc) is 3.20. The minimum Gasteiger partial charge on any atom is -0.497 e. The van der Waals surface area contributed by atoms with E-state index < -0.39 is 12.1 Å². The van der Waals surface area contributed by atoms with Crippen molar-refractivity contribution >= 4 is 33.8 Å². The lowest BCUT2D eigenvalue weighted by Gasteiger charge is -2.18. The minimum atomic E-state index is -0.615. The molecule has 0 atom stereocenters. The first-order valence-corrected chi connectivity index (χ1v) is 14.9. The number of fused-ring (bicyclic) bond motifs is 7. The van der Waals surface area contributed by atoms with Crippen molar-refractivity contribution in [3.8, 4) is 39.5 Å². The third-order valence-electron chi connectivity index (χ3n) is 7.79. The van der Waals surface area contributed by atoms with E-state index in [2.05, 4.69) is 43.0 Å². The van der Waals surface area contributed by atoms with Crippen molar-refractivity contribution in [3.63, 3.8) is 0 Å². The van der Waals surface area contributed by atoms with E-state index in [0.29, 0.717) is 11.8 Å². The van der Waals surface area contributed by atoms with Crippen LogP contribution in [0.15, 0.2) is 134 Å². The van der Waals surface area contributed by atoms with Crippen molar-refractivity contribution in [1.29, 1.82) is 0 Å². The third-order valence-corrected chi connectivity index (χ3v) is 7.79. The van der Waals surface area contributed by atoms with Crippen LogP contribution >= 0.6 is 0 Å². The van der Waals surface area contributed by atoms with Crippen LogP contribution in [0, 0.1) is 0 Å². The second kappa shape index (κ2) is 13.8. The van der Waals surface area contributed by atoms with Gasteiger partial charge in [-0.1, -0.05) is 91.5 Å². The van der Waals surface area contributed by atoms with Crippen molar-refractivity contribution in [1.82, 2.24) is 0 Å². The molecule has 0 saturated carbocycles. The molecule has 0 spiro atoms. The lowest BCUT2D eigenvalue weighted by Crippen LogP contribution is -2.31. The SMILES string of the molecule is C=CC=O.COc1ccc(-c2ccc(C(=O)OC3COc4ccc5ccccc5c4-c4c(ccc5ccccc45)OC3)cc2)cc1. The molecule has 0 N–H and O–H groups in total. The fourth-order valence-corrected chi connectivity index (χ4v) is 5.54. The molecule has 6 heteroatoms. The largest absolute Gasteiger partial charge is 0.497 e. The molecule has 0 aliphatic carbocycles.